The number of carbonyl (C=O) groups is 1. The molecule has 2 rings (SSSR count). The Kier molecular flexibility index (Phi) is 4.97. The van der Waals surface area contributed by atoms with E-state index in [1.807, 2.05) is 4.90 Å². The van der Waals surface area contributed by atoms with Crippen LogP contribution in [0, 0.1) is 5.92 Å². The van der Waals surface area contributed by atoms with Crippen molar-refractivity contribution in [2.45, 2.75) is 32.0 Å². The summed E-state index contributed by atoms with van der Waals surface area (Å²) in [7, 11) is 1.73. The average Bonchev–Trinajstić information content (AvgIpc) is 2.40. The summed E-state index contributed by atoms with van der Waals surface area (Å²) < 4.78 is 11.0. The maximum absolute atomic E-state index is 12.2. The minimum absolute atomic E-state index is 0.0339. The van der Waals surface area contributed by atoms with Gasteiger partial charge in [0.1, 0.15) is 0 Å². The molecule has 0 aromatic carbocycles. The first-order valence-corrected chi connectivity index (χ1v) is 6.83. The summed E-state index contributed by atoms with van der Waals surface area (Å²) in [6, 6.07) is 0. The fraction of sp³-hybridized carbons (Fsp3) is 0.923. The molecule has 5 heteroatoms. The second kappa shape index (κ2) is 6.50. The first kappa shape index (κ1) is 13.8. The maximum Gasteiger partial charge on any atom is 0.225 e. The van der Waals surface area contributed by atoms with Crippen LogP contribution in [0.25, 0.3) is 0 Å². The first-order valence-electron chi connectivity index (χ1n) is 6.83. The van der Waals surface area contributed by atoms with Crippen molar-refractivity contribution >= 4 is 5.91 Å². The maximum atomic E-state index is 12.2. The zero-order valence-corrected chi connectivity index (χ0v) is 11.4. The van der Waals surface area contributed by atoms with E-state index in [2.05, 4.69) is 12.2 Å². The average molecular weight is 256 g/mol. The highest BCUT2D eigenvalue weighted by atomic mass is 16.5. The smallest absolute Gasteiger partial charge is 0.225 e. The molecule has 0 aromatic rings. The van der Waals surface area contributed by atoms with Gasteiger partial charge in [0.25, 0.3) is 0 Å². The van der Waals surface area contributed by atoms with E-state index in [1.165, 1.54) is 0 Å². The Balaban J connectivity index is 1.81. The Hall–Kier alpha value is -0.650. The number of methoxy groups -OCH3 is 1. The molecule has 0 bridgehead atoms. The van der Waals surface area contributed by atoms with Crippen molar-refractivity contribution < 1.29 is 14.3 Å². The van der Waals surface area contributed by atoms with Crippen LogP contribution < -0.4 is 5.32 Å². The van der Waals surface area contributed by atoms with Crippen LogP contribution >= 0.6 is 0 Å². The van der Waals surface area contributed by atoms with Gasteiger partial charge in [-0.25, -0.2) is 0 Å². The highest BCUT2D eigenvalue weighted by Crippen LogP contribution is 2.20. The molecule has 18 heavy (non-hydrogen) atoms. The first-order chi connectivity index (χ1) is 8.70. The molecule has 2 aliphatic heterocycles. The van der Waals surface area contributed by atoms with E-state index in [0.717, 1.165) is 32.6 Å². The SMILES string of the molecule is COC1CN(C(=O)CC2CNCCO2)CCC1C. The molecule has 5 nitrogen and oxygen atoms in total. The van der Waals surface area contributed by atoms with E-state index < -0.39 is 0 Å². The lowest BCUT2D eigenvalue weighted by Crippen LogP contribution is -2.48. The Bertz CT molecular complexity index is 279. The molecule has 1 amide bonds. The highest BCUT2D eigenvalue weighted by Gasteiger charge is 2.30. The van der Waals surface area contributed by atoms with Gasteiger partial charge >= 0.3 is 0 Å². The van der Waals surface area contributed by atoms with Crippen molar-refractivity contribution in [1.82, 2.24) is 10.2 Å². The number of piperidine rings is 1. The predicted octanol–water partition coefficient (Wildman–Crippen LogP) is 0.248. The quantitative estimate of drug-likeness (QED) is 0.786. The molecule has 0 saturated carbocycles. The molecule has 3 unspecified atom stereocenters. The number of rotatable bonds is 3. The zero-order valence-electron chi connectivity index (χ0n) is 11.4. The van der Waals surface area contributed by atoms with Crippen molar-refractivity contribution in [3.8, 4) is 0 Å². The van der Waals surface area contributed by atoms with Crippen molar-refractivity contribution in [2.75, 3.05) is 39.9 Å². The topological polar surface area (TPSA) is 50.8 Å². The molecule has 0 radical (unpaired) electrons. The molecule has 2 aliphatic rings. The summed E-state index contributed by atoms with van der Waals surface area (Å²) in [6.45, 7) is 6.12. The number of nitrogens with zero attached hydrogens (tertiary/aromatic N) is 1. The predicted molar refractivity (Wildman–Crippen MR) is 68.4 cm³/mol. The third kappa shape index (κ3) is 3.43. The van der Waals surface area contributed by atoms with Gasteiger partial charge < -0.3 is 19.7 Å². The number of carbonyl (C=O) groups excluding carboxylic acids is 1. The Morgan fingerprint density at radius 2 is 2.39 bits per heavy atom. The summed E-state index contributed by atoms with van der Waals surface area (Å²) in [5, 5.41) is 3.25. The summed E-state index contributed by atoms with van der Waals surface area (Å²) in [5.41, 5.74) is 0. The van der Waals surface area contributed by atoms with E-state index in [0.29, 0.717) is 18.9 Å². The third-order valence-electron chi connectivity index (χ3n) is 3.95. The lowest BCUT2D eigenvalue weighted by atomic mass is 9.95. The monoisotopic (exact) mass is 256 g/mol. The van der Waals surface area contributed by atoms with Crippen molar-refractivity contribution in [2.24, 2.45) is 5.92 Å². The molecule has 0 aliphatic carbocycles. The molecule has 0 spiro atoms. The van der Waals surface area contributed by atoms with Gasteiger partial charge in [0.05, 0.1) is 25.2 Å². The molecule has 1 N–H and O–H groups in total. The molecule has 2 saturated heterocycles. The van der Waals surface area contributed by atoms with Gasteiger partial charge in [-0.3, -0.25) is 4.79 Å². The van der Waals surface area contributed by atoms with E-state index in [4.69, 9.17) is 9.47 Å². The van der Waals surface area contributed by atoms with Crippen LogP contribution in [0.1, 0.15) is 19.8 Å². The molecule has 0 aromatic heterocycles. The number of nitrogens with one attached hydrogen (secondary N) is 1. The lowest BCUT2D eigenvalue weighted by molar-refractivity contribution is -0.139. The number of morpholine rings is 1. The fourth-order valence-corrected chi connectivity index (χ4v) is 2.64. The van der Waals surface area contributed by atoms with Crippen LogP contribution in [0.3, 0.4) is 0 Å². The number of hydrogen-bond donors (Lipinski definition) is 1. The number of hydrogen-bond acceptors (Lipinski definition) is 4. The van der Waals surface area contributed by atoms with Crippen molar-refractivity contribution in [3.05, 3.63) is 0 Å². The molecule has 104 valence electrons. The van der Waals surface area contributed by atoms with Crippen LogP contribution in [0.15, 0.2) is 0 Å². The number of likely N-dealkylation sites (tertiary alicyclic amines) is 1. The van der Waals surface area contributed by atoms with Crippen molar-refractivity contribution in [1.29, 1.82) is 0 Å². The summed E-state index contributed by atoms with van der Waals surface area (Å²) in [4.78, 5) is 14.1. The zero-order chi connectivity index (χ0) is 13.0. The lowest BCUT2D eigenvalue weighted by Gasteiger charge is -2.37. The fourth-order valence-electron chi connectivity index (χ4n) is 2.64. The molecular weight excluding hydrogens is 232 g/mol. The highest BCUT2D eigenvalue weighted by molar-refractivity contribution is 5.76. The minimum atomic E-state index is 0.0339. The normalized spacial score (nSPS) is 33.4. The number of ether oxygens (including phenoxy) is 2. The molecule has 2 fully saturated rings. The van der Waals surface area contributed by atoms with Gasteiger partial charge in [0.15, 0.2) is 0 Å². The Labute approximate surface area is 109 Å². The van der Waals surface area contributed by atoms with E-state index >= 15 is 0 Å². The Morgan fingerprint density at radius 3 is 3.06 bits per heavy atom. The molecule has 3 atom stereocenters. The van der Waals surface area contributed by atoms with Crippen LogP contribution in [0.4, 0.5) is 0 Å². The van der Waals surface area contributed by atoms with E-state index in [9.17, 15) is 4.79 Å². The van der Waals surface area contributed by atoms with Crippen LogP contribution in [-0.2, 0) is 14.3 Å². The second-order valence-electron chi connectivity index (χ2n) is 5.28. The minimum Gasteiger partial charge on any atom is -0.379 e. The summed E-state index contributed by atoms with van der Waals surface area (Å²) in [5.74, 6) is 0.726. The molecule has 2 heterocycles. The largest absolute Gasteiger partial charge is 0.379 e. The van der Waals surface area contributed by atoms with E-state index in [1.54, 1.807) is 7.11 Å². The van der Waals surface area contributed by atoms with E-state index in [-0.39, 0.29) is 18.1 Å². The number of amides is 1. The van der Waals surface area contributed by atoms with Crippen LogP contribution in [0.2, 0.25) is 0 Å². The molecular formula is C13H24N2O3. The van der Waals surface area contributed by atoms with Crippen LogP contribution in [0.5, 0.6) is 0 Å². The standard InChI is InChI=1S/C13H24N2O3/c1-10-3-5-15(9-12(10)17-2)13(16)7-11-8-14-4-6-18-11/h10-12,14H,3-9H2,1-2H3. The van der Waals surface area contributed by atoms with Gasteiger partial charge in [0.2, 0.25) is 5.91 Å². The van der Waals surface area contributed by atoms with Gasteiger partial charge in [-0.15, -0.1) is 0 Å². The van der Waals surface area contributed by atoms with Gasteiger partial charge in [-0.2, -0.15) is 0 Å². The van der Waals surface area contributed by atoms with Crippen LogP contribution in [-0.4, -0.2) is 62.9 Å². The van der Waals surface area contributed by atoms with Gasteiger partial charge in [-0.05, 0) is 12.3 Å². The second-order valence-corrected chi connectivity index (χ2v) is 5.28. The Morgan fingerprint density at radius 1 is 1.56 bits per heavy atom. The summed E-state index contributed by atoms with van der Waals surface area (Å²) in [6.07, 6.45) is 1.71. The van der Waals surface area contributed by atoms with Gasteiger partial charge in [0, 0.05) is 33.3 Å². The third-order valence-corrected chi connectivity index (χ3v) is 3.95. The van der Waals surface area contributed by atoms with Gasteiger partial charge in [-0.1, -0.05) is 6.92 Å². The van der Waals surface area contributed by atoms with Crippen molar-refractivity contribution in [3.63, 3.8) is 0 Å². The summed E-state index contributed by atoms with van der Waals surface area (Å²) >= 11 is 0.